The van der Waals surface area contributed by atoms with Gasteiger partial charge in [0.2, 0.25) is 0 Å². The molecule has 17 heavy (non-hydrogen) atoms. The molecule has 1 rings (SSSR count). The van der Waals surface area contributed by atoms with E-state index in [1.807, 2.05) is 0 Å². The molecular weight excluding hydrogens is 245 g/mol. The topological polar surface area (TPSA) is 82.3 Å². The number of ether oxygens (including phenoxy) is 1. The summed E-state index contributed by atoms with van der Waals surface area (Å²) in [6, 6.07) is 0.254. The van der Waals surface area contributed by atoms with Crippen LogP contribution in [0.4, 0.5) is 19.0 Å². The monoisotopic (exact) mass is 250 g/mol. The molecule has 9 heteroatoms. The number of carbonyl (C=O) groups is 1. The molecular formula is C8H5F3N2O4. The minimum Gasteiger partial charge on any atom is -0.465 e. The van der Waals surface area contributed by atoms with E-state index in [-0.39, 0.29) is 6.07 Å². The number of alkyl halides is 2. The summed E-state index contributed by atoms with van der Waals surface area (Å²) < 4.78 is 42.0. The quantitative estimate of drug-likeness (QED) is 0.354. The van der Waals surface area contributed by atoms with Crippen molar-refractivity contribution in [2.45, 2.75) is 6.43 Å². The summed E-state index contributed by atoms with van der Waals surface area (Å²) in [5, 5.41) is 10.5. The molecule has 0 atom stereocenters. The third-order valence-electron chi connectivity index (χ3n) is 1.80. The molecule has 6 nitrogen and oxygen atoms in total. The lowest BCUT2D eigenvalue weighted by Gasteiger charge is -2.06. The number of hydrogen-bond acceptors (Lipinski definition) is 5. The van der Waals surface area contributed by atoms with Crippen molar-refractivity contribution in [1.29, 1.82) is 0 Å². The van der Waals surface area contributed by atoms with Gasteiger partial charge in [0.1, 0.15) is 0 Å². The molecule has 92 valence electrons. The summed E-state index contributed by atoms with van der Waals surface area (Å²) in [5.41, 5.74) is -2.18. The van der Waals surface area contributed by atoms with Crippen molar-refractivity contribution in [3.05, 3.63) is 33.3 Å². The number of esters is 1. The van der Waals surface area contributed by atoms with Gasteiger partial charge in [-0.05, 0) is 9.91 Å². The Labute approximate surface area is 92.2 Å². The Morgan fingerprint density at radius 1 is 1.59 bits per heavy atom. The van der Waals surface area contributed by atoms with E-state index in [2.05, 4.69) is 9.72 Å². The number of hydrogen-bond donors (Lipinski definition) is 0. The Morgan fingerprint density at radius 2 is 2.18 bits per heavy atom. The molecule has 0 unspecified atom stereocenters. The number of carbonyl (C=O) groups excluding carboxylic acids is 1. The van der Waals surface area contributed by atoms with Crippen LogP contribution in [0, 0.1) is 16.1 Å². The van der Waals surface area contributed by atoms with Gasteiger partial charge in [-0.2, -0.15) is 4.39 Å². The first kappa shape index (κ1) is 12.9. The third-order valence-corrected chi connectivity index (χ3v) is 1.80. The van der Waals surface area contributed by atoms with E-state index in [9.17, 15) is 28.1 Å². The molecule has 0 N–H and O–H groups in total. The second kappa shape index (κ2) is 4.76. The van der Waals surface area contributed by atoms with Gasteiger partial charge in [-0.25, -0.2) is 13.6 Å². The van der Waals surface area contributed by atoms with Crippen LogP contribution in [-0.2, 0) is 4.74 Å². The second-order valence-electron chi connectivity index (χ2n) is 2.78. The maximum Gasteiger partial charge on any atom is 0.381 e. The Hall–Kier alpha value is -2.19. The van der Waals surface area contributed by atoms with Gasteiger partial charge in [-0.15, -0.1) is 0 Å². The Kier molecular flexibility index (Phi) is 3.61. The Balaban J connectivity index is 3.59. The number of nitrogens with zero attached hydrogens (tertiary/aromatic N) is 2. The van der Waals surface area contributed by atoms with Crippen molar-refractivity contribution < 1.29 is 27.6 Å². The van der Waals surface area contributed by atoms with E-state index in [0.717, 1.165) is 7.11 Å². The van der Waals surface area contributed by atoms with Crippen LogP contribution < -0.4 is 0 Å². The first-order valence-electron chi connectivity index (χ1n) is 4.09. The predicted molar refractivity (Wildman–Crippen MR) is 47.1 cm³/mol. The fourth-order valence-electron chi connectivity index (χ4n) is 1.13. The number of pyridine rings is 1. The molecule has 0 bridgehead atoms. The smallest absolute Gasteiger partial charge is 0.381 e. The van der Waals surface area contributed by atoms with Gasteiger partial charge >= 0.3 is 17.7 Å². The molecule has 1 aromatic rings. The molecule has 0 aromatic carbocycles. The van der Waals surface area contributed by atoms with E-state index in [1.165, 1.54) is 0 Å². The highest BCUT2D eigenvalue weighted by atomic mass is 19.3. The lowest BCUT2D eigenvalue weighted by molar-refractivity contribution is -0.390. The van der Waals surface area contributed by atoms with Gasteiger partial charge in [0, 0.05) is 11.6 Å². The minimum atomic E-state index is -3.26. The van der Waals surface area contributed by atoms with Gasteiger partial charge < -0.3 is 14.9 Å². The van der Waals surface area contributed by atoms with E-state index in [0.29, 0.717) is 0 Å². The number of halogens is 3. The van der Waals surface area contributed by atoms with Crippen molar-refractivity contribution >= 4 is 11.8 Å². The summed E-state index contributed by atoms with van der Waals surface area (Å²) in [7, 11) is 0.852. The molecule has 0 radical (unpaired) electrons. The summed E-state index contributed by atoms with van der Waals surface area (Å²) in [5.74, 6) is -4.15. The Morgan fingerprint density at radius 3 is 2.59 bits per heavy atom. The predicted octanol–water partition coefficient (Wildman–Crippen LogP) is 1.85. The maximum absolute atomic E-state index is 12.8. The van der Waals surface area contributed by atoms with E-state index in [4.69, 9.17) is 0 Å². The average molecular weight is 250 g/mol. The van der Waals surface area contributed by atoms with Crippen LogP contribution >= 0.6 is 0 Å². The standard InChI is InChI=1S/C8H5F3N2O4/c1-17-8(14)5-3(6(10)11)2-4(9)12-7(5)13(15)16/h2,6H,1H3. The van der Waals surface area contributed by atoms with Crippen LogP contribution in [0.5, 0.6) is 0 Å². The zero-order valence-electron chi connectivity index (χ0n) is 8.32. The molecule has 0 fully saturated rings. The van der Waals surface area contributed by atoms with Gasteiger partial charge in [0.05, 0.1) is 7.11 Å². The van der Waals surface area contributed by atoms with Crippen molar-refractivity contribution in [3.63, 3.8) is 0 Å². The lowest BCUT2D eigenvalue weighted by atomic mass is 10.1. The number of rotatable bonds is 3. The molecule has 1 heterocycles. The van der Waals surface area contributed by atoms with Crippen LogP contribution in [0.2, 0.25) is 0 Å². The second-order valence-corrected chi connectivity index (χ2v) is 2.78. The minimum absolute atomic E-state index is 0.254. The highest BCUT2D eigenvalue weighted by Crippen LogP contribution is 2.29. The van der Waals surface area contributed by atoms with Crippen molar-refractivity contribution in [3.8, 4) is 0 Å². The molecule has 1 aromatic heterocycles. The van der Waals surface area contributed by atoms with Crippen LogP contribution in [0.3, 0.4) is 0 Å². The SMILES string of the molecule is COC(=O)c1c(C(F)F)cc(F)nc1[N+](=O)[O-]. The summed E-state index contributed by atoms with van der Waals surface area (Å²) in [6.45, 7) is 0. The van der Waals surface area contributed by atoms with Crippen LogP contribution in [0.15, 0.2) is 6.07 Å². The number of aromatic nitrogens is 1. The first-order valence-corrected chi connectivity index (χ1v) is 4.09. The van der Waals surface area contributed by atoms with Crippen molar-refractivity contribution in [2.24, 2.45) is 0 Å². The molecule has 0 aliphatic rings. The molecule has 0 aliphatic carbocycles. The van der Waals surface area contributed by atoms with Gasteiger partial charge in [-0.1, -0.05) is 0 Å². The normalized spacial score (nSPS) is 10.4. The Bertz CT molecular complexity index is 478. The highest BCUT2D eigenvalue weighted by molar-refractivity contribution is 5.94. The molecule has 0 saturated heterocycles. The number of nitro groups is 1. The lowest BCUT2D eigenvalue weighted by Crippen LogP contribution is -2.12. The number of methoxy groups -OCH3 is 1. The summed E-state index contributed by atoms with van der Waals surface area (Å²) in [4.78, 5) is 23.2. The van der Waals surface area contributed by atoms with Crippen molar-refractivity contribution in [2.75, 3.05) is 7.11 Å². The summed E-state index contributed by atoms with van der Waals surface area (Å²) in [6.07, 6.45) is -3.26. The molecule has 0 aliphatic heterocycles. The highest BCUT2D eigenvalue weighted by Gasteiger charge is 2.32. The third kappa shape index (κ3) is 2.49. The van der Waals surface area contributed by atoms with Crippen molar-refractivity contribution in [1.82, 2.24) is 4.98 Å². The average Bonchev–Trinajstić information content (AvgIpc) is 2.26. The van der Waals surface area contributed by atoms with E-state index in [1.54, 1.807) is 0 Å². The molecule has 0 amide bonds. The van der Waals surface area contributed by atoms with Gasteiger partial charge in [-0.3, -0.25) is 0 Å². The zero-order valence-corrected chi connectivity index (χ0v) is 8.32. The van der Waals surface area contributed by atoms with Crippen LogP contribution in [-0.4, -0.2) is 23.0 Å². The summed E-state index contributed by atoms with van der Waals surface area (Å²) >= 11 is 0. The van der Waals surface area contributed by atoms with Crippen LogP contribution in [0.25, 0.3) is 0 Å². The molecule has 0 saturated carbocycles. The fraction of sp³-hybridized carbons (Fsp3) is 0.250. The van der Waals surface area contributed by atoms with Gasteiger partial charge in [0.25, 0.3) is 6.43 Å². The van der Waals surface area contributed by atoms with E-state index >= 15 is 0 Å². The maximum atomic E-state index is 12.8. The first-order chi connectivity index (χ1) is 7.88. The van der Waals surface area contributed by atoms with E-state index < -0.39 is 40.2 Å². The fourth-order valence-corrected chi connectivity index (χ4v) is 1.13. The van der Waals surface area contributed by atoms with Gasteiger partial charge in [0.15, 0.2) is 5.56 Å². The zero-order chi connectivity index (χ0) is 13.2. The van der Waals surface area contributed by atoms with Crippen LogP contribution in [0.1, 0.15) is 22.3 Å². The molecule has 0 spiro atoms. The largest absolute Gasteiger partial charge is 0.465 e.